The summed E-state index contributed by atoms with van der Waals surface area (Å²) in [7, 11) is 0. The number of hydrogen-bond donors (Lipinski definition) is 1. The van der Waals surface area contributed by atoms with Crippen molar-refractivity contribution in [1.82, 2.24) is 9.78 Å². The van der Waals surface area contributed by atoms with Crippen molar-refractivity contribution in [2.75, 3.05) is 0 Å². The van der Waals surface area contributed by atoms with Crippen molar-refractivity contribution in [3.63, 3.8) is 0 Å². The molecule has 1 heterocycles. The molecule has 0 aromatic carbocycles. The van der Waals surface area contributed by atoms with Crippen LogP contribution in [-0.4, -0.2) is 20.6 Å². The van der Waals surface area contributed by atoms with Crippen LogP contribution in [0.2, 0.25) is 0 Å². The van der Waals surface area contributed by atoms with Crippen LogP contribution in [0.15, 0.2) is 6.20 Å². The third-order valence-corrected chi connectivity index (χ3v) is 1.63. The molecule has 7 heteroatoms. The lowest BCUT2D eigenvalue weighted by atomic mass is 10.4. The smallest absolute Gasteiger partial charge is 0.320 e. The van der Waals surface area contributed by atoms with E-state index in [0.717, 1.165) is 6.42 Å². The Kier molecular flexibility index (Phi) is 2.80. The van der Waals surface area contributed by atoms with Gasteiger partial charge < -0.3 is 5.73 Å². The maximum atomic E-state index is 10.8. The van der Waals surface area contributed by atoms with E-state index in [0.29, 0.717) is 6.54 Å². The first-order valence-corrected chi connectivity index (χ1v) is 4.08. The Balaban J connectivity index is 3.12. The first kappa shape index (κ1) is 10.2. The predicted octanol–water partition coefficient (Wildman–Crippen LogP) is 0.300. The first-order chi connectivity index (χ1) is 6.56. The molecule has 0 fully saturated rings. The number of aromatic nitrogens is 2. The van der Waals surface area contributed by atoms with Crippen LogP contribution in [0.1, 0.15) is 23.8 Å². The molecule has 0 aliphatic rings. The SMILES string of the molecule is CCCn1cc([N+](=O)[O-])c(C(N)=O)n1. The number of nitro groups is 1. The van der Waals surface area contributed by atoms with Crippen LogP contribution in [0.4, 0.5) is 5.69 Å². The summed E-state index contributed by atoms with van der Waals surface area (Å²) in [6.07, 6.45) is 1.99. The fourth-order valence-electron chi connectivity index (χ4n) is 1.06. The summed E-state index contributed by atoms with van der Waals surface area (Å²) in [6, 6.07) is 0. The summed E-state index contributed by atoms with van der Waals surface area (Å²) in [5, 5.41) is 14.2. The van der Waals surface area contributed by atoms with Gasteiger partial charge in [-0.05, 0) is 6.42 Å². The van der Waals surface area contributed by atoms with E-state index in [2.05, 4.69) is 5.10 Å². The van der Waals surface area contributed by atoms with Crippen molar-refractivity contribution in [3.05, 3.63) is 22.0 Å². The van der Waals surface area contributed by atoms with Crippen molar-refractivity contribution < 1.29 is 9.72 Å². The zero-order valence-electron chi connectivity index (χ0n) is 7.64. The number of rotatable bonds is 4. The zero-order chi connectivity index (χ0) is 10.7. The molecular weight excluding hydrogens is 188 g/mol. The van der Waals surface area contributed by atoms with Crippen LogP contribution in [-0.2, 0) is 6.54 Å². The predicted molar refractivity (Wildman–Crippen MR) is 47.7 cm³/mol. The van der Waals surface area contributed by atoms with Gasteiger partial charge in [0, 0.05) is 6.54 Å². The van der Waals surface area contributed by atoms with E-state index in [-0.39, 0.29) is 11.4 Å². The van der Waals surface area contributed by atoms with Crippen LogP contribution >= 0.6 is 0 Å². The minimum atomic E-state index is -0.883. The van der Waals surface area contributed by atoms with E-state index in [9.17, 15) is 14.9 Å². The Labute approximate surface area is 79.7 Å². The lowest BCUT2D eigenvalue weighted by Gasteiger charge is -1.93. The fourth-order valence-corrected chi connectivity index (χ4v) is 1.06. The highest BCUT2D eigenvalue weighted by Crippen LogP contribution is 2.15. The highest BCUT2D eigenvalue weighted by Gasteiger charge is 2.23. The topological polar surface area (TPSA) is 104 Å². The molecule has 0 saturated carbocycles. The Morgan fingerprint density at radius 1 is 1.79 bits per heavy atom. The van der Waals surface area contributed by atoms with Gasteiger partial charge in [0.2, 0.25) is 5.69 Å². The summed E-state index contributed by atoms with van der Waals surface area (Å²) >= 11 is 0. The van der Waals surface area contributed by atoms with E-state index < -0.39 is 10.8 Å². The lowest BCUT2D eigenvalue weighted by Crippen LogP contribution is -2.14. The fraction of sp³-hybridized carbons (Fsp3) is 0.429. The van der Waals surface area contributed by atoms with Crippen LogP contribution in [0.3, 0.4) is 0 Å². The van der Waals surface area contributed by atoms with E-state index in [4.69, 9.17) is 5.73 Å². The Morgan fingerprint density at radius 3 is 2.79 bits per heavy atom. The van der Waals surface area contributed by atoms with Gasteiger partial charge in [-0.3, -0.25) is 19.6 Å². The van der Waals surface area contributed by atoms with Gasteiger partial charge in [0.05, 0.1) is 4.92 Å². The number of nitrogens with zero attached hydrogens (tertiary/aromatic N) is 3. The van der Waals surface area contributed by atoms with Gasteiger partial charge in [0.25, 0.3) is 5.91 Å². The molecule has 14 heavy (non-hydrogen) atoms. The number of amides is 1. The van der Waals surface area contributed by atoms with Crippen molar-refractivity contribution in [3.8, 4) is 0 Å². The van der Waals surface area contributed by atoms with Crippen LogP contribution in [0.5, 0.6) is 0 Å². The normalized spacial score (nSPS) is 10.1. The maximum Gasteiger partial charge on any atom is 0.320 e. The van der Waals surface area contributed by atoms with E-state index in [1.165, 1.54) is 10.9 Å². The van der Waals surface area contributed by atoms with E-state index in [1.54, 1.807) is 0 Å². The maximum absolute atomic E-state index is 10.8. The molecule has 7 nitrogen and oxygen atoms in total. The molecule has 0 radical (unpaired) electrons. The van der Waals surface area contributed by atoms with Gasteiger partial charge in [0.15, 0.2) is 0 Å². The third-order valence-electron chi connectivity index (χ3n) is 1.63. The largest absolute Gasteiger partial charge is 0.364 e. The van der Waals surface area contributed by atoms with Crippen LogP contribution < -0.4 is 5.73 Å². The number of hydrogen-bond acceptors (Lipinski definition) is 4. The van der Waals surface area contributed by atoms with Crippen LogP contribution in [0.25, 0.3) is 0 Å². The monoisotopic (exact) mass is 198 g/mol. The van der Waals surface area contributed by atoms with Crippen LogP contribution in [0, 0.1) is 10.1 Å². The first-order valence-electron chi connectivity index (χ1n) is 4.08. The summed E-state index contributed by atoms with van der Waals surface area (Å²) in [5.41, 5.74) is 4.31. The van der Waals surface area contributed by atoms with Gasteiger partial charge in [-0.1, -0.05) is 6.92 Å². The molecule has 0 aliphatic heterocycles. The van der Waals surface area contributed by atoms with Gasteiger partial charge in [-0.25, -0.2) is 0 Å². The summed E-state index contributed by atoms with van der Waals surface area (Å²) in [5.74, 6) is -0.883. The average molecular weight is 198 g/mol. The van der Waals surface area contributed by atoms with Gasteiger partial charge in [-0.2, -0.15) is 5.10 Å². The molecule has 0 atom stereocenters. The molecule has 1 aromatic rings. The number of primary amides is 1. The van der Waals surface area contributed by atoms with Crippen molar-refractivity contribution in [2.45, 2.75) is 19.9 Å². The second-order valence-corrected chi connectivity index (χ2v) is 2.75. The lowest BCUT2D eigenvalue weighted by molar-refractivity contribution is -0.385. The Bertz CT molecular complexity index is 340. The van der Waals surface area contributed by atoms with E-state index in [1.807, 2.05) is 6.92 Å². The quantitative estimate of drug-likeness (QED) is 0.554. The molecule has 0 saturated heterocycles. The van der Waals surface area contributed by atoms with Crippen molar-refractivity contribution in [1.29, 1.82) is 0 Å². The molecular formula is C7H10N4O3. The number of nitrogens with two attached hydrogens (primary N) is 1. The van der Waals surface area contributed by atoms with E-state index >= 15 is 0 Å². The molecule has 76 valence electrons. The summed E-state index contributed by atoms with van der Waals surface area (Å²) < 4.78 is 1.35. The molecule has 1 amide bonds. The summed E-state index contributed by atoms with van der Waals surface area (Å²) in [6.45, 7) is 2.42. The van der Waals surface area contributed by atoms with Crippen molar-refractivity contribution >= 4 is 11.6 Å². The molecule has 2 N–H and O–H groups in total. The van der Waals surface area contributed by atoms with Gasteiger partial charge in [-0.15, -0.1) is 0 Å². The molecule has 0 bridgehead atoms. The number of carbonyl (C=O) groups excluding carboxylic acids is 1. The molecule has 0 spiro atoms. The average Bonchev–Trinajstić information content (AvgIpc) is 2.49. The molecule has 0 aliphatic carbocycles. The zero-order valence-corrected chi connectivity index (χ0v) is 7.64. The minimum Gasteiger partial charge on any atom is -0.364 e. The van der Waals surface area contributed by atoms with Gasteiger partial charge >= 0.3 is 5.69 Å². The second kappa shape index (κ2) is 3.86. The number of aryl methyl sites for hydroxylation is 1. The Hall–Kier alpha value is -1.92. The highest BCUT2D eigenvalue weighted by atomic mass is 16.6. The number of carbonyl (C=O) groups is 1. The molecule has 1 aromatic heterocycles. The van der Waals surface area contributed by atoms with Crippen molar-refractivity contribution in [2.24, 2.45) is 5.73 Å². The molecule has 1 rings (SSSR count). The molecule has 0 unspecified atom stereocenters. The highest BCUT2D eigenvalue weighted by molar-refractivity contribution is 5.94. The third kappa shape index (κ3) is 1.87. The Morgan fingerprint density at radius 2 is 2.43 bits per heavy atom. The minimum absolute atomic E-state index is 0.288. The second-order valence-electron chi connectivity index (χ2n) is 2.75. The van der Waals surface area contributed by atoms with Gasteiger partial charge in [0.1, 0.15) is 6.20 Å². The summed E-state index contributed by atoms with van der Waals surface area (Å²) in [4.78, 5) is 20.6. The standard InChI is InChI=1S/C7H10N4O3/c1-2-3-10-4-5(11(13)14)6(9-10)7(8)12/h4H,2-3H2,1H3,(H2,8,12).